The fourth-order valence-corrected chi connectivity index (χ4v) is 2.80. The van der Waals surface area contributed by atoms with Crippen molar-refractivity contribution in [2.75, 3.05) is 0 Å². The molecule has 1 aromatic carbocycles. The van der Waals surface area contributed by atoms with E-state index in [1.54, 1.807) is 0 Å². The Bertz CT molecular complexity index is 664. The number of aromatic nitrogens is 2. The van der Waals surface area contributed by atoms with E-state index < -0.39 is 11.6 Å². The van der Waals surface area contributed by atoms with Crippen LogP contribution in [0.25, 0.3) is 0 Å². The summed E-state index contributed by atoms with van der Waals surface area (Å²) in [7, 11) is 0. The molecule has 1 aliphatic rings. The lowest BCUT2D eigenvalue weighted by Gasteiger charge is -2.28. The van der Waals surface area contributed by atoms with Crippen molar-refractivity contribution < 1.29 is 9.53 Å². The molecule has 2 aromatic rings. The van der Waals surface area contributed by atoms with E-state index in [1.807, 2.05) is 50.2 Å². The van der Waals surface area contributed by atoms with E-state index in [4.69, 9.17) is 4.74 Å². The Morgan fingerprint density at radius 1 is 1.39 bits per heavy atom. The van der Waals surface area contributed by atoms with Crippen LogP contribution in [0.4, 0.5) is 4.79 Å². The standard InChI is InChI=1S/C18H23N3O2/c1-13-10-16(21-20-13)18(2,11-14-8-9-14)19-17(22)23-12-15-6-4-3-5-7-15/h3-7,10,14H,8-9,11-12H2,1-2H3,(H,19,22)(H,20,21)/t18-/m1/s1. The van der Waals surface area contributed by atoms with Crippen LogP contribution >= 0.6 is 0 Å². The topological polar surface area (TPSA) is 67.0 Å². The summed E-state index contributed by atoms with van der Waals surface area (Å²) in [5, 5.41) is 10.3. The molecule has 1 heterocycles. The molecule has 2 N–H and O–H groups in total. The third-order valence-corrected chi connectivity index (χ3v) is 4.26. The van der Waals surface area contributed by atoms with Crippen molar-refractivity contribution in [3.8, 4) is 0 Å². The molecule has 0 aliphatic heterocycles. The van der Waals surface area contributed by atoms with Crippen LogP contribution < -0.4 is 5.32 Å². The molecule has 3 rings (SSSR count). The number of carbonyl (C=O) groups is 1. The van der Waals surface area contributed by atoms with E-state index in [9.17, 15) is 4.79 Å². The minimum Gasteiger partial charge on any atom is -0.445 e. The first-order valence-electron chi connectivity index (χ1n) is 8.06. The average molecular weight is 313 g/mol. The van der Waals surface area contributed by atoms with Crippen LogP contribution in [0, 0.1) is 12.8 Å². The number of alkyl carbamates (subject to hydrolysis) is 1. The highest BCUT2D eigenvalue weighted by Gasteiger charge is 2.38. The molecule has 5 heteroatoms. The minimum atomic E-state index is -0.500. The van der Waals surface area contributed by atoms with Crippen LogP contribution in [0.2, 0.25) is 0 Å². The van der Waals surface area contributed by atoms with Gasteiger partial charge in [0.2, 0.25) is 0 Å². The maximum absolute atomic E-state index is 12.2. The van der Waals surface area contributed by atoms with Crippen molar-refractivity contribution in [2.24, 2.45) is 5.92 Å². The predicted octanol–water partition coefficient (Wildman–Crippen LogP) is 3.66. The number of H-pyrrole nitrogens is 1. The number of aryl methyl sites for hydroxylation is 1. The van der Waals surface area contributed by atoms with Gasteiger partial charge in [-0.3, -0.25) is 5.10 Å². The lowest BCUT2D eigenvalue weighted by molar-refractivity contribution is 0.124. The van der Waals surface area contributed by atoms with Gasteiger partial charge in [0.1, 0.15) is 6.61 Å². The van der Waals surface area contributed by atoms with Gasteiger partial charge in [-0.15, -0.1) is 0 Å². The van der Waals surface area contributed by atoms with Crippen molar-refractivity contribution in [3.05, 3.63) is 53.3 Å². The lowest BCUT2D eigenvalue weighted by atomic mass is 9.91. The zero-order valence-electron chi connectivity index (χ0n) is 13.6. The van der Waals surface area contributed by atoms with E-state index in [0.29, 0.717) is 5.92 Å². The van der Waals surface area contributed by atoms with Crippen molar-refractivity contribution in [1.29, 1.82) is 0 Å². The summed E-state index contributed by atoms with van der Waals surface area (Å²) in [5.41, 5.74) is 2.32. The lowest BCUT2D eigenvalue weighted by Crippen LogP contribution is -2.44. The third-order valence-electron chi connectivity index (χ3n) is 4.26. The number of hydrogen-bond acceptors (Lipinski definition) is 3. The Balaban J connectivity index is 1.64. The Kier molecular flexibility index (Phi) is 4.37. The monoisotopic (exact) mass is 313 g/mol. The van der Waals surface area contributed by atoms with Gasteiger partial charge in [0.15, 0.2) is 0 Å². The molecule has 1 aliphatic carbocycles. The Morgan fingerprint density at radius 3 is 2.74 bits per heavy atom. The Hall–Kier alpha value is -2.30. The van der Waals surface area contributed by atoms with E-state index in [0.717, 1.165) is 23.4 Å². The number of rotatable bonds is 6. The quantitative estimate of drug-likeness (QED) is 0.855. The second-order valence-corrected chi connectivity index (χ2v) is 6.60. The molecule has 0 radical (unpaired) electrons. The first kappa shape index (κ1) is 15.6. The Labute approximate surface area is 136 Å². The van der Waals surface area contributed by atoms with Gasteiger partial charge in [0.05, 0.1) is 11.2 Å². The Morgan fingerprint density at radius 2 is 2.13 bits per heavy atom. The molecule has 122 valence electrons. The fraction of sp³-hybridized carbons (Fsp3) is 0.444. The predicted molar refractivity (Wildman–Crippen MR) is 87.8 cm³/mol. The van der Waals surface area contributed by atoms with E-state index in [-0.39, 0.29) is 6.61 Å². The van der Waals surface area contributed by atoms with Crippen LogP contribution in [0.15, 0.2) is 36.4 Å². The highest BCUT2D eigenvalue weighted by molar-refractivity contribution is 5.68. The first-order chi connectivity index (χ1) is 11.0. The highest BCUT2D eigenvalue weighted by Crippen LogP contribution is 2.40. The molecule has 0 saturated heterocycles. The van der Waals surface area contributed by atoms with Crippen molar-refractivity contribution in [2.45, 2.75) is 45.3 Å². The SMILES string of the molecule is Cc1cc([C@@](C)(CC2CC2)NC(=O)OCc2ccccc2)n[nH]1. The fourth-order valence-electron chi connectivity index (χ4n) is 2.80. The zero-order valence-corrected chi connectivity index (χ0v) is 13.6. The molecule has 1 saturated carbocycles. The van der Waals surface area contributed by atoms with Gasteiger partial charge in [-0.25, -0.2) is 4.79 Å². The molecule has 1 aromatic heterocycles. The third kappa shape index (κ3) is 4.12. The number of nitrogens with zero attached hydrogens (tertiary/aromatic N) is 1. The normalized spacial score (nSPS) is 16.6. The molecule has 5 nitrogen and oxygen atoms in total. The van der Waals surface area contributed by atoms with E-state index >= 15 is 0 Å². The number of ether oxygens (including phenoxy) is 1. The van der Waals surface area contributed by atoms with E-state index in [2.05, 4.69) is 15.5 Å². The summed E-state index contributed by atoms with van der Waals surface area (Å²) >= 11 is 0. The van der Waals surface area contributed by atoms with Gasteiger partial charge < -0.3 is 10.1 Å². The van der Waals surface area contributed by atoms with Crippen LogP contribution in [0.3, 0.4) is 0 Å². The number of aromatic amines is 1. The second kappa shape index (κ2) is 6.44. The molecular formula is C18H23N3O2. The van der Waals surface area contributed by atoms with Crippen LogP contribution in [0.1, 0.15) is 43.1 Å². The molecule has 23 heavy (non-hydrogen) atoms. The summed E-state index contributed by atoms with van der Waals surface area (Å²) in [5.74, 6) is 0.659. The van der Waals surface area contributed by atoms with Gasteiger partial charge in [-0.1, -0.05) is 43.2 Å². The van der Waals surface area contributed by atoms with Crippen LogP contribution in [-0.4, -0.2) is 16.3 Å². The summed E-state index contributed by atoms with van der Waals surface area (Å²) < 4.78 is 5.37. The maximum Gasteiger partial charge on any atom is 0.408 e. The molecule has 0 unspecified atom stereocenters. The summed E-state index contributed by atoms with van der Waals surface area (Å²) in [4.78, 5) is 12.2. The van der Waals surface area contributed by atoms with Gasteiger partial charge in [-0.05, 0) is 37.8 Å². The molecule has 1 atom stereocenters. The largest absolute Gasteiger partial charge is 0.445 e. The summed E-state index contributed by atoms with van der Waals surface area (Å²) in [6, 6.07) is 11.7. The van der Waals surface area contributed by atoms with Gasteiger partial charge >= 0.3 is 6.09 Å². The molecule has 1 amide bonds. The zero-order chi connectivity index (χ0) is 16.3. The van der Waals surface area contributed by atoms with E-state index in [1.165, 1.54) is 12.8 Å². The number of benzene rings is 1. The average Bonchev–Trinajstić information content (AvgIpc) is 3.22. The maximum atomic E-state index is 12.2. The number of hydrogen-bond donors (Lipinski definition) is 2. The van der Waals surface area contributed by atoms with Crippen LogP contribution in [-0.2, 0) is 16.9 Å². The number of carbonyl (C=O) groups excluding carboxylic acids is 1. The smallest absolute Gasteiger partial charge is 0.408 e. The van der Waals surface area contributed by atoms with Crippen LogP contribution in [0.5, 0.6) is 0 Å². The summed E-state index contributed by atoms with van der Waals surface area (Å²) in [6.45, 7) is 4.25. The van der Waals surface area contributed by atoms with Gasteiger partial charge in [0.25, 0.3) is 0 Å². The molecular weight excluding hydrogens is 290 g/mol. The summed E-state index contributed by atoms with van der Waals surface area (Å²) in [6.07, 6.45) is 2.93. The van der Waals surface area contributed by atoms with Crippen molar-refractivity contribution >= 4 is 6.09 Å². The number of amides is 1. The van der Waals surface area contributed by atoms with Crippen molar-refractivity contribution in [1.82, 2.24) is 15.5 Å². The molecule has 0 spiro atoms. The highest BCUT2D eigenvalue weighted by atomic mass is 16.5. The van der Waals surface area contributed by atoms with Crippen molar-refractivity contribution in [3.63, 3.8) is 0 Å². The second-order valence-electron chi connectivity index (χ2n) is 6.60. The minimum absolute atomic E-state index is 0.270. The molecule has 0 bridgehead atoms. The molecule has 1 fully saturated rings. The first-order valence-corrected chi connectivity index (χ1v) is 8.06. The van der Waals surface area contributed by atoms with Gasteiger partial charge in [0, 0.05) is 5.69 Å². The van der Waals surface area contributed by atoms with Gasteiger partial charge in [-0.2, -0.15) is 5.10 Å². The number of nitrogens with one attached hydrogen (secondary N) is 2.